The number of nitrogens with zero attached hydrogens (tertiary/aromatic N) is 2. The fourth-order valence-electron chi connectivity index (χ4n) is 1.68. The highest BCUT2D eigenvalue weighted by molar-refractivity contribution is 6.01. The van der Waals surface area contributed by atoms with E-state index in [1.54, 1.807) is 0 Å². The molecule has 1 heterocycles. The molecule has 3 N–H and O–H groups in total. The van der Waals surface area contributed by atoms with Crippen LogP contribution in [0, 0.1) is 10.1 Å². The molecule has 0 aliphatic rings. The van der Waals surface area contributed by atoms with E-state index in [2.05, 4.69) is 5.10 Å². The lowest BCUT2D eigenvalue weighted by molar-refractivity contribution is -0.384. The second kappa shape index (κ2) is 5.41. The van der Waals surface area contributed by atoms with Crippen molar-refractivity contribution in [2.24, 2.45) is 10.8 Å². The summed E-state index contributed by atoms with van der Waals surface area (Å²) >= 11 is 0. The van der Waals surface area contributed by atoms with Crippen LogP contribution in [0.15, 0.2) is 38.6 Å². The smallest absolute Gasteiger partial charge is 0.345 e. The van der Waals surface area contributed by atoms with Crippen molar-refractivity contribution < 1.29 is 14.1 Å². The van der Waals surface area contributed by atoms with E-state index < -0.39 is 16.6 Å². The van der Waals surface area contributed by atoms with Crippen molar-refractivity contribution in [3.63, 3.8) is 0 Å². The normalized spacial score (nSPS) is 11.4. The highest BCUT2D eigenvalue weighted by Crippen LogP contribution is 2.20. The Bertz CT molecular complexity index is 824. The number of hydrazone groups is 1. The molecule has 21 heavy (non-hydrogen) atoms. The highest BCUT2D eigenvalue weighted by atomic mass is 16.6. The maximum atomic E-state index is 11.8. The average molecular weight is 290 g/mol. The fraction of sp³-hybridized carbons (Fsp3) is 0.0833. The van der Waals surface area contributed by atoms with Gasteiger partial charge >= 0.3 is 11.7 Å². The van der Waals surface area contributed by atoms with Crippen LogP contribution in [0.2, 0.25) is 0 Å². The summed E-state index contributed by atoms with van der Waals surface area (Å²) in [6, 6.07) is 4.37. The largest absolute Gasteiger partial charge is 0.422 e. The Kier molecular flexibility index (Phi) is 3.65. The van der Waals surface area contributed by atoms with Gasteiger partial charge in [-0.3, -0.25) is 10.1 Å². The number of carbonyl (C=O) groups is 1. The van der Waals surface area contributed by atoms with Gasteiger partial charge in [0.25, 0.3) is 5.69 Å². The van der Waals surface area contributed by atoms with Gasteiger partial charge in [-0.1, -0.05) is 0 Å². The average Bonchev–Trinajstić information content (AvgIpc) is 2.43. The number of amides is 2. The molecule has 0 spiro atoms. The third kappa shape index (κ3) is 3.03. The molecule has 1 aromatic carbocycles. The Morgan fingerprint density at radius 2 is 2.14 bits per heavy atom. The highest BCUT2D eigenvalue weighted by Gasteiger charge is 2.12. The zero-order valence-corrected chi connectivity index (χ0v) is 10.8. The first kappa shape index (κ1) is 14.2. The zero-order valence-electron chi connectivity index (χ0n) is 10.8. The maximum absolute atomic E-state index is 11.8. The molecule has 9 heteroatoms. The molecule has 0 aliphatic heterocycles. The number of nitrogens with one attached hydrogen (secondary N) is 1. The van der Waals surface area contributed by atoms with Crippen LogP contribution < -0.4 is 16.8 Å². The lowest BCUT2D eigenvalue weighted by Crippen LogP contribution is -2.26. The third-order valence-corrected chi connectivity index (χ3v) is 2.65. The van der Waals surface area contributed by atoms with E-state index >= 15 is 0 Å². The van der Waals surface area contributed by atoms with Crippen molar-refractivity contribution in [1.82, 2.24) is 5.43 Å². The van der Waals surface area contributed by atoms with Crippen molar-refractivity contribution in [3.05, 3.63) is 50.4 Å². The molecule has 0 saturated carbocycles. The second-order valence-corrected chi connectivity index (χ2v) is 4.10. The minimum atomic E-state index is -0.879. The third-order valence-electron chi connectivity index (χ3n) is 2.65. The van der Waals surface area contributed by atoms with Crippen molar-refractivity contribution in [2.75, 3.05) is 0 Å². The molecular weight excluding hydrogens is 280 g/mol. The van der Waals surface area contributed by atoms with Crippen molar-refractivity contribution in [3.8, 4) is 0 Å². The summed E-state index contributed by atoms with van der Waals surface area (Å²) in [5, 5.41) is 14.7. The van der Waals surface area contributed by atoms with E-state index in [9.17, 15) is 19.7 Å². The number of primary amides is 1. The van der Waals surface area contributed by atoms with E-state index in [1.165, 1.54) is 31.2 Å². The summed E-state index contributed by atoms with van der Waals surface area (Å²) in [7, 11) is 0. The van der Waals surface area contributed by atoms with Gasteiger partial charge in [-0.15, -0.1) is 0 Å². The lowest BCUT2D eigenvalue weighted by Gasteiger charge is -2.02. The van der Waals surface area contributed by atoms with Gasteiger partial charge in [-0.25, -0.2) is 15.0 Å². The quantitative estimate of drug-likeness (QED) is 0.376. The summed E-state index contributed by atoms with van der Waals surface area (Å²) in [5.74, 6) is 0. The number of hydrogen-bond donors (Lipinski definition) is 2. The van der Waals surface area contributed by atoms with Crippen LogP contribution in [0.1, 0.15) is 12.5 Å². The van der Waals surface area contributed by atoms with Gasteiger partial charge in [0.05, 0.1) is 16.2 Å². The molecule has 0 atom stereocenters. The maximum Gasteiger partial charge on any atom is 0.345 e. The number of fused-ring (bicyclic) bond motifs is 1. The fourth-order valence-corrected chi connectivity index (χ4v) is 1.68. The molecule has 0 unspecified atom stereocenters. The standard InChI is InChI=1S/C12H10N4O5/c1-6(14-15-12(13)18)9-5-7-4-8(16(19)20)2-3-10(7)21-11(9)17/h2-5H,1H3,(H3,13,15,18)/b14-6+. The van der Waals surface area contributed by atoms with Gasteiger partial charge in [0, 0.05) is 17.5 Å². The summed E-state index contributed by atoms with van der Waals surface area (Å²) < 4.78 is 5.05. The van der Waals surface area contributed by atoms with Crippen LogP contribution in [-0.2, 0) is 0 Å². The van der Waals surface area contributed by atoms with Crippen LogP contribution in [-0.4, -0.2) is 16.7 Å². The van der Waals surface area contributed by atoms with Gasteiger partial charge in [-0.2, -0.15) is 5.10 Å². The van der Waals surface area contributed by atoms with E-state index in [-0.39, 0.29) is 22.5 Å². The summed E-state index contributed by atoms with van der Waals surface area (Å²) in [6.45, 7) is 1.46. The first-order valence-corrected chi connectivity index (χ1v) is 5.71. The lowest BCUT2D eigenvalue weighted by atomic mass is 10.1. The number of nitro groups is 1. The van der Waals surface area contributed by atoms with Gasteiger partial charge in [0.15, 0.2) is 0 Å². The minimum absolute atomic E-state index is 0.0664. The first-order valence-electron chi connectivity index (χ1n) is 5.71. The number of nitro benzene ring substituents is 1. The monoisotopic (exact) mass is 290 g/mol. The molecule has 0 aliphatic carbocycles. The van der Waals surface area contributed by atoms with Gasteiger partial charge < -0.3 is 10.2 Å². The molecule has 2 amide bonds. The molecule has 2 rings (SSSR count). The van der Waals surface area contributed by atoms with Crippen LogP contribution in [0.5, 0.6) is 0 Å². The Morgan fingerprint density at radius 3 is 2.76 bits per heavy atom. The van der Waals surface area contributed by atoms with Gasteiger partial charge in [-0.05, 0) is 19.1 Å². The molecular formula is C12H10N4O5. The topological polar surface area (TPSA) is 141 Å². The molecule has 2 aromatic rings. The molecule has 9 nitrogen and oxygen atoms in total. The van der Waals surface area contributed by atoms with Crippen LogP contribution in [0.4, 0.5) is 10.5 Å². The van der Waals surface area contributed by atoms with Gasteiger partial charge in [0.1, 0.15) is 5.58 Å². The molecule has 1 aromatic heterocycles. The Labute approximate surface area is 117 Å². The number of nitrogens with two attached hydrogens (primary N) is 1. The second-order valence-electron chi connectivity index (χ2n) is 4.10. The summed E-state index contributed by atoms with van der Waals surface area (Å²) in [4.78, 5) is 32.6. The number of urea groups is 1. The van der Waals surface area contributed by atoms with Crippen LogP contribution >= 0.6 is 0 Å². The van der Waals surface area contributed by atoms with E-state index in [0.717, 1.165) is 0 Å². The number of non-ortho nitro benzene ring substituents is 1. The predicted octanol–water partition coefficient (Wildman–Crippen LogP) is 1.09. The van der Waals surface area contributed by atoms with Gasteiger partial charge in [0.2, 0.25) is 0 Å². The number of hydrogen-bond acceptors (Lipinski definition) is 6. The molecule has 0 radical (unpaired) electrons. The summed E-state index contributed by atoms with van der Waals surface area (Å²) in [5.41, 5.74) is 6.49. The molecule has 108 valence electrons. The number of rotatable bonds is 3. The Balaban J connectivity index is 2.57. The first-order chi connectivity index (χ1) is 9.88. The van der Waals surface area contributed by atoms with Crippen molar-refractivity contribution in [1.29, 1.82) is 0 Å². The van der Waals surface area contributed by atoms with E-state index in [4.69, 9.17) is 10.2 Å². The Hall–Kier alpha value is -3.23. The molecule has 0 saturated heterocycles. The summed E-state index contributed by atoms with van der Waals surface area (Å²) in [6.07, 6.45) is 0. The van der Waals surface area contributed by atoms with E-state index in [1.807, 2.05) is 5.43 Å². The SMILES string of the molecule is C/C(=N\NC(N)=O)c1cc2cc([N+](=O)[O-])ccc2oc1=O. The van der Waals surface area contributed by atoms with Crippen LogP contribution in [0.25, 0.3) is 11.0 Å². The minimum Gasteiger partial charge on any atom is -0.422 e. The number of carbonyl (C=O) groups excluding carboxylic acids is 1. The van der Waals surface area contributed by atoms with Crippen LogP contribution in [0.3, 0.4) is 0 Å². The molecule has 0 bridgehead atoms. The molecule has 0 fully saturated rings. The van der Waals surface area contributed by atoms with Crippen molar-refractivity contribution >= 4 is 28.4 Å². The van der Waals surface area contributed by atoms with E-state index in [0.29, 0.717) is 5.39 Å². The number of benzene rings is 1. The predicted molar refractivity (Wildman–Crippen MR) is 74.1 cm³/mol. The Morgan fingerprint density at radius 1 is 1.43 bits per heavy atom. The zero-order chi connectivity index (χ0) is 15.6. The van der Waals surface area contributed by atoms with Crippen molar-refractivity contribution in [2.45, 2.75) is 6.92 Å².